The van der Waals surface area contributed by atoms with E-state index in [0.717, 1.165) is 25.4 Å². The largest absolute Gasteiger partial charge is 0.376 e. The van der Waals surface area contributed by atoms with Gasteiger partial charge in [-0.15, -0.1) is 0 Å². The van der Waals surface area contributed by atoms with E-state index in [0.29, 0.717) is 11.5 Å². The first-order chi connectivity index (χ1) is 9.78. The first-order valence-electron chi connectivity index (χ1n) is 7.40. The Bertz CT molecular complexity index is 488. The van der Waals surface area contributed by atoms with Gasteiger partial charge < -0.3 is 15.4 Å². The molecule has 1 saturated carbocycles. The maximum atomic E-state index is 12.3. The fraction of sp³-hybridized carbons (Fsp3) is 0.600. The van der Waals surface area contributed by atoms with E-state index in [4.69, 9.17) is 4.74 Å². The lowest BCUT2D eigenvalue weighted by atomic mass is 10.1. The number of nitrogens with one attached hydrogen (secondary N) is 2. The lowest BCUT2D eigenvalue weighted by Crippen LogP contribution is -2.41. The van der Waals surface area contributed by atoms with E-state index >= 15 is 0 Å². The molecule has 3 rings (SSSR count). The molecule has 108 valence electrons. The van der Waals surface area contributed by atoms with Gasteiger partial charge in [0.2, 0.25) is 0 Å². The molecule has 1 aromatic rings. The molecule has 0 radical (unpaired) electrons. The number of carbonyl (C=O) groups excluding carboxylic acids is 1. The van der Waals surface area contributed by atoms with Crippen LogP contribution >= 0.6 is 0 Å². The topological polar surface area (TPSA) is 63.2 Å². The molecule has 2 N–H and O–H groups in total. The molecular formula is C15H21N3O2. The first kappa shape index (κ1) is 13.4. The van der Waals surface area contributed by atoms with E-state index in [2.05, 4.69) is 15.6 Å². The molecule has 0 spiro atoms. The Hall–Kier alpha value is -1.62. The number of rotatable bonds is 5. The van der Waals surface area contributed by atoms with Crippen LogP contribution in [0.2, 0.25) is 0 Å². The normalized spacial score (nSPS) is 25.4. The van der Waals surface area contributed by atoms with E-state index in [-0.39, 0.29) is 18.1 Å². The molecule has 2 unspecified atom stereocenters. The summed E-state index contributed by atoms with van der Waals surface area (Å²) in [6, 6.07) is 3.70. The molecular weight excluding hydrogens is 254 g/mol. The smallest absolute Gasteiger partial charge is 0.251 e. The van der Waals surface area contributed by atoms with Gasteiger partial charge in [0.15, 0.2) is 0 Å². The highest BCUT2D eigenvalue weighted by Crippen LogP contribution is 2.38. The van der Waals surface area contributed by atoms with Gasteiger partial charge in [0.05, 0.1) is 12.1 Å². The van der Waals surface area contributed by atoms with Crippen molar-refractivity contribution >= 4 is 11.7 Å². The van der Waals surface area contributed by atoms with E-state index in [9.17, 15) is 4.79 Å². The third kappa shape index (κ3) is 2.93. The quantitative estimate of drug-likeness (QED) is 0.860. The Labute approximate surface area is 119 Å². The van der Waals surface area contributed by atoms with Crippen LogP contribution < -0.4 is 10.6 Å². The standard InChI is InChI=1S/C15H21N3O2/c1-2-16-13-9-11(5-7-17-13)15(19)18-12-6-8-20-14(12)10-3-4-10/h5,7,9-10,12,14H,2-4,6,8H2,1H3,(H,16,17)(H,18,19). The summed E-state index contributed by atoms with van der Waals surface area (Å²) in [5.41, 5.74) is 0.650. The van der Waals surface area contributed by atoms with Gasteiger partial charge in [-0.1, -0.05) is 0 Å². The van der Waals surface area contributed by atoms with Gasteiger partial charge in [0, 0.05) is 24.9 Å². The van der Waals surface area contributed by atoms with Crippen molar-refractivity contribution < 1.29 is 9.53 Å². The minimum Gasteiger partial charge on any atom is -0.376 e. The summed E-state index contributed by atoms with van der Waals surface area (Å²) >= 11 is 0. The summed E-state index contributed by atoms with van der Waals surface area (Å²) in [7, 11) is 0. The highest BCUT2D eigenvalue weighted by atomic mass is 16.5. The lowest BCUT2D eigenvalue weighted by Gasteiger charge is -2.19. The molecule has 2 aliphatic rings. The van der Waals surface area contributed by atoms with Gasteiger partial charge in [-0.2, -0.15) is 0 Å². The molecule has 1 aliphatic heterocycles. The molecule has 1 saturated heterocycles. The van der Waals surface area contributed by atoms with Crippen LogP contribution in [0.25, 0.3) is 0 Å². The van der Waals surface area contributed by atoms with Crippen molar-refractivity contribution in [1.29, 1.82) is 0 Å². The Morgan fingerprint density at radius 2 is 2.30 bits per heavy atom. The highest BCUT2D eigenvalue weighted by molar-refractivity contribution is 5.95. The van der Waals surface area contributed by atoms with Gasteiger partial charge in [0.25, 0.3) is 5.91 Å². The summed E-state index contributed by atoms with van der Waals surface area (Å²) in [5, 5.41) is 6.23. The lowest BCUT2D eigenvalue weighted by molar-refractivity contribution is 0.0729. The van der Waals surface area contributed by atoms with Crippen LogP contribution in [0, 0.1) is 5.92 Å². The zero-order valence-corrected chi connectivity index (χ0v) is 11.8. The molecule has 1 aromatic heterocycles. The van der Waals surface area contributed by atoms with Crippen molar-refractivity contribution in [2.45, 2.75) is 38.3 Å². The van der Waals surface area contributed by atoms with Gasteiger partial charge in [-0.3, -0.25) is 4.79 Å². The second kappa shape index (κ2) is 5.79. The van der Waals surface area contributed by atoms with Gasteiger partial charge >= 0.3 is 0 Å². The second-order valence-electron chi connectivity index (χ2n) is 5.50. The zero-order chi connectivity index (χ0) is 13.9. The van der Waals surface area contributed by atoms with E-state index in [1.807, 2.05) is 6.92 Å². The number of carbonyl (C=O) groups is 1. The number of nitrogens with zero attached hydrogens (tertiary/aromatic N) is 1. The van der Waals surface area contributed by atoms with Gasteiger partial charge in [-0.05, 0) is 44.2 Å². The Morgan fingerprint density at radius 3 is 3.05 bits per heavy atom. The van der Waals surface area contributed by atoms with Crippen LogP contribution in [0.15, 0.2) is 18.3 Å². The summed E-state index contributed by atoms with van der Waals surface area (Å²) in [5.74, 6) is 1.35. The molecule has 2 fully saturated rings. The molecule has 5 heteroatoms. The average Bonchev–Trinajstić information content (AvgIpc) is 3.20. The van der Waals surface area contributed by atoms with Crippen LogP contribution in [-0.4, -0.2) is 36.2 Å². The van der Waals surface area contributed by atoms with E-state index in [1.165, 1.54) is 12.8 Å². The fourth-order valence-electron chi connectivity index (χ4n) is 2.76. The maximum absolute atomic E-state index is 12.3. The van der Waals surface area contributed by atoms with E-state index < -0.39 is 0 Å². The van der Waals surface area contributed by atoms with Crippen molar-refractivity contribution in [2.75, 3.05) is 18.5 Å². The third-order valence-corrected chi connectivity index (χ3v) is 3.92. The first-order valence-corrected chi connectivity index (χ1v) is 7.40. The molecule has 20 heavy (non-hydrogen) atoms. The average molecular weight is 275 g/mol. The number of pyridine rings is 1. The minimum atomic E-state index is -0.0345. The number of hydrogen-bond acceptors (Lipinski definition) is 4. The summed E-state index contributed by atoms with van der Waals surface area (Å²) in [6.07, 6.45) is 5.26. The van der Waals surface area contributed by atoms with Crippen molar-refractivity contribution in [3.63, 3.8) is 0 Å². The number of amides is 1. The van der Waals surface area contributed by atoms with Crippen molar-refractivity contribution in [3.8, 4) is 0 Å². The summed E-state index contributed by atoms with van der Waals surface area (Å²) in [4.78, 5) is 16.5. The highest BCUT2D eigenvalue weighted by Gasteiger charge is 2.41. The van der Waals surface area contributed by atoms with Crippen LogP contribution in [0.5, 0.6) is 0 Å². The maximum Gasteiger partial charge on any atom is 0.251 e. The molecule has 5 nitrogen and oxygen atoms in total. The van der Waals surface area contributed by atoms with Crippen molar-refractivity contribution in [2.24, 2.45) is 5.92 Å². The molecule has 1 aliphatic carbocycles. The second-order valence-corrected chi connectivity index (χ2v) is 5.50. The number of hydrogen-bond donors (Lipinski definition) is 2. The minimum absolute atomic E-state index is 0.0345. The molecule has 2 atom stereocenters. The zero-order valence-electron chi connectivity index (χ0n) is 11.8. The fourth-order valence-corrected chi connectivity index (χ4v) is 2.76. The Kier molecular flexibility index (Phi) is 3.87. The molecule has 1 amide bonds. The van der Waals surface area contributed by atoms with Crippen LogP contribution in [0.3, 0.4) is 0 Å². The summed E-state index contributed by atoms with van der Waals surface area (Å²) < 4.78 is 5.75. The summed E-state index contributed by atoms with van der Waals surface area (Å²) in [6.45, 7) is 3.55. The van der Waals surface area contributed by atoms with Crippen LogP contribution in [-0.2, 0) is 4.74 Å². The predicted octanol–water partition coefficient (Wildman–Crippen LogP) is 1.81. The predicted molar refractivity (Wildman–Crippen MR) is 76.7 cm³/mol. The van der Waals surface area contributed by atoms with Crippen molar-refractivity contribution in [1.82, 2.24) is 10.3 Å². The van der Waals surface area contributed by atoms with Crippen LogP contribution in [0.4, 0.5) is 5.82 Å². The van der Waals surface area contributed by atoms with Crippen molar-refractivity contribution in [3.05, 3.63) is 23.9 Å². The van der Waals surface area contributed by atoms with Gasteiger partial charge in [0.1, 0.15) is 5.82 Å². The van der Waals surface area contributed by atoms with E-state index in [1.54, 1.807) is 18.3 Å². The molecule has 0 bridgehead atoms. The molecule has 0 aromatic carbocycles. The van der Waals surface area contributed by atoms with Gasteiger partial charge in [-0.25, -0.2) is 4.98 Å². The van der Waals surface area contributed by atoms with Crippen LogP contribution in [0.1, 0.15) is 36.5 Å². The Balaban J connectivity index is 1.64. The Morgan fingerprint density at radius 1 is 1.45 bits per heavy atom. The number of anilines is 1. The number of ether oxygens (including phenoxy) is 1. The SMILES string of the molecule is CCNc1cc(C(=O)NC2CCOC2C2CC2)ccn1. The number of aromatic nitrogens is 1. The third-order valence-electron chi connectivity index (χ3n) is 3.92. The monoisotopic (exact) mass is 275 g/mol. The molecule has 2 heterocycles.